The van der Waals surface area contributed by atoms with Gasteiger partial charge in [-0.1, -0.05) is 45.7 Å². The van der Waals surface area contributed by atoms with Crippen LogP contribution in [0.4, 0.5) is 4.39 Å². The molecule has 2 aromatic rings. The maximum atomic E-state index is 13.8. The fourth-order valence-electron chi connectivity index (χ4n) is 1.82. The molecule has 0 saturated heterocycles. The van der Waals surface area contributed by atoms with E-state index in [4.69, 9.17) is 17.4 Å². The lowest BCUT2D eigenvalue weighted by molar-refractivity contribution is 0.560. The molecule has 2 rings (SSSR count). The van der Waals surface area contributed by atoms with E-state index in [-0.39, 0.29) is 5.82 Å². The number of hydrazine groups is 1. The highest BCUT2D eigenvalue weighted by Gasteiger charge is 2.16. The Balaban J connectivity index is 2.48. The zero-order valence-corrected chi connectivity index (χ0v) is 11.7. The van der Waals surface area contributed by atoms with Gasteiger partial charge in [0.25, 0.3) is 0 Å². The molecule has 0 aliphatic heterocycles. The molecule has 1 unspecified atom stereocenters. The number of hydrogen-bond acceptors (Lipinski definition) is 2. The highest BCUT2D eigenvalue weighted by molar-refractivity contribution is 9.10. The molecule has 0 radical (unpaired) electrons. The van der Waals surface area contributed by atoms with E-state index in [0.717, 1.165) is 10.0 Å². The third-order valence-electron chi connectivity index (χ3n) is 2.60. The molecule has 0 fully saturated rings. The molecule has 5 heteroatoms. The maximum Gasteiger partial charge on any atom is 0.128 e. The zero-order chi connectivity index (χ0) is 13.1. The van der Waals surface area contributed by atoms with Gasteiger partial charge >= 0.3 is 0 Å². The van der Waals surface area contributed by atoms with Crippen LogP contribution >= 0.6 is 27.5 Å². The molecule has 0 spiro atoms. The van der Waals surface area contributed by atoms with Gasteiger partial charge in [0, 0.05) is 15.1 Å². The highest BCUT2D eigenvalue weighted by Crippen LogP contribution is 2.28. The van der Waals surface area contributed by atoms with Crippen molar-refractivity contribution < 1.29 is 4.39 Å². The van der Waals surface area contributed by atoms with E-state index in [1.165, 1.54) is 6.07 Å². The Morgan fingerprint density at radius 3 is 2.56 bits per heavy atom. The van der Waals surface area contributed by atoms with Crippen LogP contribution < -0.4 is 11.3 Å². The Kier molecular flexibility index (Phi) is 4.35. The smallest absolute Gasteiger partial charge is 0.128 e. The van der Waals surface area contributed by atoms with E-state index in [0.29, 0.717) is 10.6 Å². The van der Waals surface area contributed by atoms with Gasteiger partial charge in [-0.2, -0.15) is 0 Å². The van der Waals surface area contributed by atoms with Crippen molar-refractivity contribution in [2.24, 2.45) is 5.84 Å². The van der Waals surface area contributed by atoms with Crippen molar-refractivity contribution in [2.45, 2.75) is 6.04 Å². The fourth-order valence-corrected chi connectivity index (χ4v) is 2.70. The SMILES string of the molecule is NNC(c1cc(Cl)cc(Br)c1)c1ccccc1F. The third-order valence-corrected chi connectivity index (χ3v) is 3.28. The van der Waals surface area contributed by atoms with Crippen molar-refractivity contribution in [3.63, 3.8) is 0 Å². The summed E-state index contributed by atoms with van der Waals surface area (Å²) in [5.41, 5.74) is 3.88. The standard InChI is InChI=1S/C13H11BrClFN2/c14-9-5-8(6-10(15)7-9)13(18-17)11-3-1-2-4-12(11)16/h1-7,13,18H,17H2. The van der Waals surface area contributed by atoms with Crippen LogP contribution in [0.1, 0.15) is 17.2 Å². The van der Waals surface area contributed by atoms with Crippen molar-refractivity contribution in [2.75, 3.05) is 0 Å². The predicted octanol–water partition coefficient (Wildman–Crippen LogP) is 3.79. The Morgan fingerprint density at radius 2 is 1.94 bits per heavy atom. The molecule has 2 nitrogen and oxygen atoms in total. The maximum absolute atomic E-state index is 13.8. The van der Waals surface area contributed by atoms with Crippen LogP contribution in [0.25, 0.3) is 0 Å². The number of nitrogens with two attached hydrogens (primary N) is 1. The number of hydrogen-bond donors (Lipinski definition) is 2. The van der Waals surface area contributed by atoms with E-state index in [9.17, 15) is 4.39 Å². The first-order valence-electron chi connectivity index (χ1n) is 5.28. The molecule has 18 heavy (non-hydrogen) atoms. The number of rotatable bonds is 3. The van der Waals surface area contributed by atoms with Crippen LogP contribution in [-0.2, 0) is 0 Å². The second-order valence-electron chi connectivity index (χ2n) is 3.82. The van der Waals surface area contributed by atoms with E-state index < -0.39 is 6.04 Å². The van der Waals surface area contributed by atoms with Crippen LogP contribution in [0.2, 0.25) is 5.02 Å². The zero-order valence-electron chi connectivity index (χ0n) is 9.33. The summed E-state index contributed by atoms with van der Waals surface area (Å²) in [7, 11) is 0. The lowest BCUT2D eigenvalue weighted by Crippen LogP contribution is -2.29. The summed E-state index contributed by atoms with van der Waals surface area (Å²) in [6.07, 6.45) is 0. The molecule has 1 atom stereocenters. The molecule has 0 saturated carbocycles. The lowest BCUT2D eigenvalue weighted by atomic mass is 9.99. The van der Waals surface area contributed by atoms with Gasteiger partial charge in [0.2, 0.25) is 0 Å². The third kappa shape index (κ3) is 2.90. The predicted molar refractivity (Wildman–Crippen MR) is 74.7 cm³/mol. The second-order valence-corrected chi connectivity index (χ2v) is 5.18. The van der Waals surface area contributed by atoms with Gasteiger partial charge in [-0.25, -0.2) is 9.82 Å². The Labute approximate surface area is 118 Å². The Morgan fingerprint density at radius 1 is 1.22 bits per heavy atom. The van der Waals surface area contributed by atoms with Crippen LogP contribution in [0.3, 0.4) is 0 Å². The van der Waals surface area contributed by atoms with Crippen LogP contribution in [0.5, 0.6) is 0 Å². The Hall–Kier alpha value is -0.940. The molecule has 3 N–H and O–H groups in total. The minimum Gasteiger partial charge on any atom is -0.271 e. The van der Waals surface area contributed by atoms with Crippen LogP contribution in [0.15, 0.2) is 46.9 Å². The lowest BCUT2D eigenvalue weighted by Gasteiger charge is -2.18. The molecule has 0 aliphatic carbocycles. The van der Waals surface area contributed by atoms with E-state index in [1.54, 1.807) is 30.3 Å². The van der Waals surface area contributed by atoms with Crippen molar-refractivity contribution in [1.82, 2.24) is 5.43 Å². The summed E-state index contributed by atoms with van der Waals surface area (Å²) in [4.78, 5) is 0. The van der Waals surface area contributed by atoms with Crippen molar-refractivity contribution in [3.05, 3.63) is 68.9 Å². The average molecular weight is 330 g/mol. The van der Waals surface area contributed by atoms with E-state index >= 15 is 0 Å². The van der Waals surface area contributed by atoms with Gasteiger partial charge in [0.1, 0.15) is 5.82 Å². The molecule has 0 aliphatic rings. The molecular weight excluding hydrogens is 319 g/mol. The van der Waals surface area contributed by atoms with Gasteiger partial charge in [0.05, 0.1) is 6.04 Å². The van der Waals surface area contributed by atoms with Crippen LogP contribution in [-0.4, -0.2) is 0 Å². The van der Waals surface area contributed by atoms with Crippen LogP contribution in [0, 0.1) is 5.82 Å². The first kappa shape index (κ1) is 13.5. The number of benzene rings is 2. The Bertz CT molecular complexity index is 542. The normalized spacial score (nSPS) is 12.4. The quantitative estimate of drug-likeness (QED) is 0.664. The molecule has 0 bridgehead atoms. The highest BCUT2D eigenvalue weighted by atomic mass is 79.9. The monoisotopic (exact) mass is 328 g/mol. The van der Waals surface area contributed by atoms with Gasteiger partial charge in [-0.3, -0.25) is 5.84 Å². The molecule has 0 heterocycles. The largest absolute Gasteiger partial charge is 0.271 e. The molecule has 0 amide bonds. The number of nitrogens with one attached hydrogen (secondary N) is 1. The first-order valence-corrected chi connectivity index (χ1v) is 6.45. The topological polar surface area (TPSA) is 38.0 Å². The summed E-state index contributed by atoms with van der Waals surface area (Å²) < 4.78 is 14.6. The fraction of sp³-hybridized carbons (Fsp3) is 0.0769. The summed E-state index contributed by atoms with van der Waals surface area (Å²) in [5, 5.41) is 0.566. The molecule has 94 valence electrons. The number of halogens is 3. The van der Waals surface area contributed by atoms with Crippen molar-refractivity contribution >= 4 is 27.5 Å². The molecule has 0 aromatic heterocycles. The van der Waals surface area contributed by atoms with Gasteiger partial charge in [-0.05, 0) is 29.8 Å². The summed E-state index contributed by atoms with van der Waals surface area (Å²) in [6, 6.07) is 11.4. The summed E-state index contributed by atoms with van der Waals surface area (Å²) in [6.45, 7) is 0. The van der Waals surface area contributed by atoms with E-state index in [1.807, 2.05) is 6.07 Å². The van der Waals surface area contributed by atoms with Crippen molar-refractivity contribution in [3.8, 4) is 0 Å². The average Bonchev–Trinajstić information content (AvgIpc) is 2.31. The van der Waals surface area contributed by atoms with E-state index in [2.05, 4.69) is 21.4 Å². The van der Waals surface area contributed by atoms with Crippen molar-refractivity contribution in [1.29, 1.82) is 0 Å². The van der Waals surface area contributed by atoms with Gasteiger partial charge in [-0.15, -0.1) is 0 Å². The second kappa shape index (κ2) is 5.80. The first-order chi connectivity index (χ1) is 8.61. The minimum atomic E-state index is -0.443. The summed E-state index contributed by atoms with van der Waals surface area (Å²) >= 11 is 9.34. The van der Waals surface area contributed by atoms with Gasteiger partial charge in [0.15, 0.2) is 0 Å². The molecular formula is C13H11BrClFN2. The summed E-state index contributed by atoms with van der Waals surface area (Å²) in [5.74, 6) is 5.22. The van der Waals surface area contributed by atoms with Gasteiger partial charge < -0.3 is 0 Å². The minimum absolute atomic E-state index is 0.309. The molecule has 2 aromatic carbocycles.